The highest BCUT2D eigenvalue weighted by molar-refractivity contribution is 5.54. The van der Waals surface area contributed by atoms with E-state index in [1.165, 1.54) is 31.4 Å². The van der Waals surface area contributed by atoms with Gasteiger partial charge in [0.2, 0.25) is 0 Å². The molecule has 4 fully saturated rings. The van der Waals surface area contributed by atoms with E-state index in [1.807, 2.05) is 12.1 Å². The lowest BCUT2D eigenvalue weighted by Gasteiger charge is -2.54. The molecular formula is C17H24N2. The second-order valence-electron chi connectivity index (χ2n) is 7.10. The van der Waals surface area contributed by atoms with Crippen molar-refractivity contribution in [3.8, 4) is 0 Å². The van der Waals surface area contributed by atoms with Crippen LogP contribution in [0.15, 0.2) is 24.3 Å². The summed E-state index contributed by atoms with van der Waals surface area (Å²) in [4.78, 5) is 0. The first-order valence-corrected chi connectivity index (χ1v) is 7.87. The van der Waals surface area contributed by atoms with E-state index in [0.717, 1.165) is 41.8 Å². The first kappa shape index (κ1) is 11.6. The van der Waals surface area contributed by atoms with Crippen LogP contribution in [0.2, 0.25) is 0 Å². The van der Waals surface area contributed by atoms with Crippen LogP contribution in [0.5, 0.6) is 0 Å². The normalized spacial score (nSPS) is 39.5. The Labute approximate surface area is 115 Å². The number of hydrogen-bond donors (Lipinski definition) is 2. The molecule has 0 unspecified atom stereocenters. The zero-order valence-electron chi connectivity index (χ0n) is 11.5. The summed E-state index contributed by atoms with van der Waals surface area (Å²) in [6, 6.07) is 8.17. The van der Waals surface area contributed by atoms with Gasteiger partial charge >= 0.3 is 0 Å². The molecule has 5 rings (SSSR count). The molecule has 0 spiro atoms. The molecule has 19 heavy (non-hydrogen) atoms. The van der Waals surface area contributed by atoms with Crippen LogP contribution >= 0.6 is 0 Å². The van der Waals surface area contributed by atoms with Gasteiger partial charge in [0.05, 0.1) is 0 Å². The van der Waals surface area contributed by atoms with Crippen LogP contribution in [-0.4, -0.2) is 6.54 Å². The summed E-state index contributed by atoms with van der Waals surface area (Å²) >= 11 is 0. The van der Waals surface area contributed by atoms with Crippen molar-refractivity contribution in [2.75, 3.05) is 17.6 Å². The average Bonchev–Trinajstić information content (AvgIpc) is 2.37. The Morgan fingerprint density at radius 1 is 1.00 bits per heavy atom. The third kappa shape index (κ3) is 2.11. The van der Waals surface area contributed by atoms with Gasteiger partial charge in [-0.1, -0.05) is 6.07 Å². The molecule has 4 saturated carbocycles. The van der Waals surface area contributed by atoms with Crippen LogP contribution in [0.25, 0.3) is 0 Å². The number of hydrogen-bond acceptors (Lipinski definition) is 2. The van der Waals surface area contributed by atoms with Crippen molar-refractivity contribution in [2.45, 2.75) is 32.1 Å². The first-order valence-electron chi connectivity index (χ1n) is 7.87. The topological polar surface area (TPSA) is 38.0 Å². The molecule has 0 aromatic heterocycles. The molecule has 0 amide bonds. The standard InChI is InChI=1S/C17H24N2/c18-15-2-1-3-16(9-15)19-10-17-13-5-11-4-12(7-13)8-14(17)6-11/h1-3,9,11-14,17,19H,4-8,10,18H2. The van der Waals surface area contributed by atoms with Crippen LogP contribution in [-0.2, 0) is 0 Å². The minimum atomic E-state index is 0.857. The molecule has 4 aliphatic rings. The van der Waals surface area contributed by atoms with Crippen molar-refractivity contribution in [3.63, 3.8) is 0 Å². The maximum Gasteiger partial charge on any atom is 0.0360 e. The van der Waals surface area contributed by atoms with Crippen molar-refractivity contribution in [3.05, 3.63) is 24.3 Å². The predicted octanol–water partition coefficient (Wildman–Crippen LogP) is 3.75. The molecule has 0 heterocycles. The smallest absolute Gasteiger partial charge is 0.0360 e. The van der Waals surface area contributed by atoms with E-state index in [1.54, 1.807) is 6.42 Å². The Hall–Kier alpha value is -1.18. The highest BCUT2D eigenvalue weighted by atomic mass is 14.9. The van der Waals surface area contributed by atoms with Crippen molar-refractivity contribution in [1.82, 2.24) is 0 Å². The summed E-state index contributed by atoms with van der Waals surface area (Å²) < 4.78 is 0. The molecule has 1 aromatic rings. The Morgan fingerprint density at radius 2 is 1.68 bits per heavy atom. The van der Waals surface area contributed by atoms with E-state index in [4.69, 9.17) is 5.73 Å². The van der Waals surface area contributed by atoms with Crippen molar-refractivity contribution in [1.29, 1.82) is 0 Å². The Morgan fingerprint density at radius 3 is 2.32 bits per heavy atom. The Kier molecular flexibility index (Phi) is 2.71. The fraction of sp³-hybridized carbons (Fsp3) is 0.647. The van der Waals surface area contributed by atoms with Gasteiger partial charge in [0.25, 0.3) is 0 Å². The van der Waals surface area contributed by atoms with Gasteiger partial charge in [-0.25, -0.2) is 0 Å². The number of anilines is 2. The third-order valence-electron chi connectivity index (χ3n) is 5.85. The summed E-state index contributed by atoms with van der Waals surface area (Å²) in [6.07, 6.45) is 7.58. The molecule has 4 aliphatic carbocycles. The van der Waals surface area contributed by atoms with Gasteiger partial charge in [-0.05, 0) is 79.9 Å². The zero-order chi connectivity index (χ0) is 12.8. The zero-order valence-corrected chi connectivity index (χ0v) is 11.5. The predicted molar refractivity (Wildman–Crippen MR) is 79.9 cm³/mol. The molecular weight excluding hydrogens is 232 g/mol. The number of nitrogens with one attached hydrogen (secondary N) is 1. The Balaban J connectivity index is 1.43. The molecule has 1 aromatic carbocycles. The maximum absolute atomic E-state index is 5.84. The molecule has 3 N–H and O–H groups in total. The lowest BCUT2D eigenvalue weighted by Crippen LogP contribution is -2.47. The Bertz CT molecular complexity index is 440. The van der Waals surface area contributed by atoms with Gasteiger partial charge in [-0.15, -0.1) is 0 Å². The lowest BCUT2D eigenvalue weighted by molar-refractivity contribution is -0.0305. The van der Waals surface area contributed by atoms with E-state index >= 15 is 0 Å². The molecule has 0 radical (unpaired) electrons. The average molecular weight is 256 g/mol. The molecule has 0 saturated heterocycles. The molecule has 102 valence electrons. The summed E-state index contributed by atoms with van der Waals surface area (Å²) in [5.41, 5.74) is 7.89. The van der Waals surface area contributed by atoms with E-state index in [2.05, 4.69) is 17.4 Å². The highest BCUT2D eigenvalue weighted by Gasteiger charge is 2.47. The van der Waals surface area contributed by atoms with Gasteiger partial charge in [-0.2, -0.15) is 0 Å². The van der Waals surface area contributed by atoms with E-state index < -0.39 is 0 Å². The summed E-state index contributed by atoms with van der Waals surface area (Å²) in [5, 5.41) is 3.63. The third-order valence-corrected chi connectivity index (χ3v) is 5.85. The molecule has 4 bridgehead atoms. The lowest BCUT2D eigenvalue weighted by atomic mass is 9.52. The van der Waals surface area contributed by atoms with Crippen LogP contribution in [0.4, 0.5) is 11.4 Å². The fourth-order valence-electron chi connectivity index (χ4n) is 5.26. The second kappa shape index (κ2) is 4.43. The van der Waals surface area contributed by atoms with Gasteiger partial charge in [-0.3, -0.25) is 0 Å². The number of benzene rings is 1. The maximum atomic E-state index is 5.84. The monoisotopic (exact) mass is 256 g/mol. The van der Waals surface area contributed by atoms with Crippen LogP contribution in [0.1, 0.15) is 32.1 Å². The van der Waals surface area contributed by atoms with E-state index in [9.17, 15) is 0 Å². The number of nitrogen functional groups attached to an aromatic ring is 1. The number of nitrogens with two attached hydrogens (primary N) is 1. The van der Waals surface area contributed by atoms with E-state index in [-0.39, 0.29) is 0 Å². The first-order chi connectivity index (χ1) is 9.28. The van der Waals surface area contributed by atoms with Gasteiger partial charge in [0.15, 0.2) is 0 Å². The SMILES string of the molecule is Nc1cccc(NCC2C3CC4CC(C3)CC2C4)c1. The number of rotatable bonds is 3. The van der Waals surface area contributed by atoms with Crippen LogP contribution in [0.3, 0.4) is 0 Å². The quantitative estimate of drug-likeness (QED) is 0.808. The van der Waals surface area contributed by atoms with E-state index in [0.29, 0.717) is 0 Å². The largest absolute Gasteiger partial charge is 0.399 e. The van der Waals surface area contributed by atoms with Crippen molar-refractivity contribution >= 4 is 11.4 Å². The minimum absolute atomic E-state index is 0.857. The second-order valence-corrected chi connectivity index (χ2v) is 7.10. The van der Waals surface area contributed by atoms with Gasteiger partial charge in [0.1, 0.15) is 0 Å². The molecule has 0 atom stereocenters. The molecule has 2 heteroatoms. The van der Waals surface area contributed by atoms with Crippen molar-refractivity contribution in [2.24, 2.45) is 29.6 Å². The van der Waals surface area contributed by atoms with Gasteiger partial charge in [0, 0.05) is 17.9 Å². The molecule has 2 nitrogen and oxygen atoms in total. The summed E-state index contributed by atoms with van der Waals surface area (Å²) in [6.45, 7) is 1.15. The summed E-state index contributed by atoms with van der Waals surface area (Å²) in [5.74, 6) is 5.07. The highest BCUT2D eigenvalue weighted by Crippen LogP contribution is 2.56. The fourth-order valence-corrected chi connectivity index (χ4v) is 5.26. The van der Waals surface area contributed by atoms with Crippen molar-refractivity contribution < 1.29 is 0 Å². The summed E-state index contributed by atoms with van der Waals surface area (Å²) in [7, 11) is 0. The van der Waals surface area contributed by atoms with Crippen LogP contribution in [0, 0.1) is 29.6 Å². The van der Waals surface area contributed by atoms with Crippen LogP contribution < -0.4 is 11.1 Å². The van der Waals surface area contributed by atoms with Gasteiger partial charge < -0.3 is 11.1 Å². The molecule has 0 aliphatic heterocycles. The minimum Gasteiger partial charge on any atom is -0.399 e.